The Balaban J connectivity index is 1.95. The first-order chi connectivity index (χ1) is 10.1. The van der Waals surface area contributed by atoms with E-state index in [1.165, 1.54) is 0 Å². The number of carbonyl (C=O) groups is 1. The van der Waals surface area contributed by atoms with Crippen molar-refractivity contribution < 1.29 is 4.79 Å². The average Bonchev–Trinajstić information content (AvgIpc) is 2.85. The Bertz CT molecular complexity index is 624. The first-order valence-corrected chi connectivity index (χ1v) is 7.10. The zero-order valence-corrected chi connectivity index (χ0v) is 12.6. The van der Waals surface area contributed by atoms with Crippen molar-refractivity contribution in [2.75, 3.05) is 6.54 Å². The summed E-state index contributed by atoms with van der Waals surface area (Å²) in [6, 6.07) is 9.30. The second-order valence-electron chi connectivity index (χ2n) is 4.82. The largest absolute Gasteiger partial charge is 0.392 e. The maximum Gasteiger partial charge on any atom is 0.234 e. The predicted molar refractivity (Wildman–Crippen MR) is 85.9 cm³/mol. The zero-order valence-electron chi connectivity index (χ0n) is 11.8. The van der Waals surface area contributed by atoms with Crippen molar-refractivity contribution in [3.05, 3.63) is 53.9 Å². The maximum atomic E-state index is 12.3. The van der Waals surface area contributed by atoms with Gasteiger partial charge in [-0.05, 0) is 18.1 Å². The highest BCUT2D eigenvalue weighted by Gasteiger charge is 2.22. The minimum atomic E-state index is -0.597. The fourth-order valence-electron chi connectivity index (χ4n) is 2.08. The van der Waals surface area contributed by atoms with E-state index in [1.54, 1.807) is 10.9 Å². The van der Waals surface area contributed by atoms with Crippen LogP contribution in [0.1, 0.15) is 17.0 Å². The summed E-state index contributed by atoms with van der Waals surface area (Å²) in [4.78, 5) is 12.4. The molecule has 0 bridgehead atoms. The number of aromatic nitrogens is 2. The minimum Gasteiger partial charge on any atom is -0.392 e. The molecule has 6 heteroatoms. The molecule has 3 N–H and O–H groups in total. The summed E-state index contributed by atoms with van der Waals surface area (Å²) in [6.45, 7) is 3.06. The monoisotopic (exact) mass is 302 g/mol. The smallest absolute Gasteiger partial charge is 0.234 e. The second kappa shape index (κ2) is 6.99. The van der Waals surface area contributed by atoms with Gasteiger partial charge in [-0.15, -0.1) is 0 Å². The van der Waals surface area contributed by atoms with Crippen LogP contribution in [-0.4, -0.2) is 27.2 Å². The van der Waals surface area contributed by atoms with Crippen LogP contribution in [0.15, 0.2) is 42.7 Å². The van der Waals surface area contributed by atoms with Crippen LogP contribution in [0, 0.1) is 6.92 Å². The number of hydrogen-bond acceptors (Lipinski definition) is 3. The topological polar surface area (TPSA) is 72.9 Å². The number of nitrogens with two attached hydrogens (primary N) is 1. The fraction of sp³-hybridized carbons (Fsp3) is 0.267. The first-order valence-electron chi connectivity index (χ1n) is 6.69. The van der Waals surface area contributed by atoms with Gasteiger partial charge in [-0.25, -0.2) is 0 Å². The lowest BCUT2D eigenvalue weighted by Crippen LogP contribution is -2.37. The number of carbonyl (C=O) groups excluding carboxylic acids is 1. The molecule has 1 unspecified atom stereocenters. The molecule has 0 radical (unpaired) electrons. The van der Waals surface area contributed by atoms with Crippen molar-refractivity contribution in [2.45, 2.75) is 19.4 Å². The van der Waals surface area contributed by atoms with Crippen LogP contribution < -0.4 is 11.1 Å². The van der Waals surface area contributed by atoms with Gasteiger partial charge in [0.15, 0.2) is 0 Å². The lowest BCUT2D eigenvalue weighted by Gasteiger charge is -2.15. The van der Waals surface area contributed by atoms with Gasteiger partial charge in [-0.2, -0.15) is 5.10 Å². The van der Waals surface area contributed by atoms with E-state index in [4.69, 9.17) is 18.0 Å². The number of rotatable bonds is 6. The van der Waals surface area contributed by atoms with E-state index in [9.17, 15) is 4.79 Å². The zero-order chi connectivity index (χ0) is 15.2. The summed E-state index contributed by atoms with van der Waals surface area (Å²) in [7, 11) is 0. The highest BCUT2D eigenvalue weighted by atomic mass is 32.1. The SMILES string of the molecule is Cc1cnn(CCNC(=O)C(C(N)=S)c2ccccc2)c1. The van der Waals surface area contributed by atoms with Crippen LogP contribution >= 0.6 is 12.2 Å². The van der Waals surface area contributed by atoms with Crippen molar-refractivity contribution in [2.24, 2.45) is 5.73 Å². The quantitative estimate of drug-likeness (QED) is 0.791. The lowest BCUT2D eigenvalue weighted by atomic mass is 9.98. The van der Waals surface area contributed by atoms with Crippen molar-refractivity contribution >= 4 is 23.1 Å². The van der Waals surface area contributed by atoms with E-state index in [0.717, 1.165) is 11.1 Å². The molecule has 0 aliphatic heterocycles. The predicted octanol–water partition coefficient (Wildman–Crippen LogP) is 1.38. The number of thiocarbonyl (C=S) groups is 1. The van der Waals surface area contributed by atoms with Crippen molar-refractivity contribution in [3.8, 4) is 0 Å². The summed E-state index contributed by atoms with van der Waals surface area (Å²) in [5, 5.41) is 7.02. The van der Waals surface area contributed by atoms with E-state index in [0.29, 0.717) is 13.1 Å². The molecule has 0 aliphatic rings. The van der Waals surface area contributed by atoms with Crippen LogP contribution in [0.3, 0.4) is 0 Å². The summed E-state index contributed by atoms with van der Waals surface area (Å²) in [5.41, 5.74) is 7.60. The molecule has 21 heavy (non-hydrogen) atoms. The summed E-state index contributed by atoms with van der Waals surface area (Å²) in [5.74, 6) is -0.780. The number of hydrogen-bond donors (Lipinski definition) is 2. The van der Waals surface area contributed by atoms with Gasteiger partial charge < -0.3 is 11.1 Å². The van der Waals surface area contributed by atoms with E-state index in [2.05, 4.69) is 10.4 Å². The molecule has 5 nitrogen and oxygen atoms in total. The second-order valence-corrected chi connectivity index (χ2v) is 5.29. The number of nitrogens with one attached hydrogen (secondary N) is 1. The van der Waals surface area contributed by atoms with Crippen molar-refractivity contribution in [1.29, 1.82) is 0 Å². The van der Waals surface area contributed by atoms with Gasteiger partial charge in [0.25, 0.3) is 0 Å². The molecule has 0 saturated carbocycles. The van der Waals surface area contributed by atoms with Crippen molar-refractivity contribution in [3.63, 3.8) is 0 Å². The Morgan fingerprint density at radius 2 is 2.14 bits per heavy atom. The van der Waals surface area contributed by atoms with E-state index >= 15 is 0 Å². The number of amides is 1. The van der Waals surface area contributed by atoms with Gasteiger partial charge in [-0.1, -0.05) is 42.5 Å². The molecular weight excluding hydrogens is 284 g/mol. The molecule has 1 amide bonds. The number of nitrogens with zero attached hydrogens (tertiary/aromatic N) is 2. The minimum absolute atomic E-state index is 0.175. The molecule has 110 valence electrons. The molecule has 2 rings (SSSR count). The molecule has 1 heterocycles. The molecule has 1 aromatic carbocycles. The lowest BCUT2D eigenvalue weighted by molar-refractivity contribution is -0.121. The molecule has 0 spiro atoms. The number of benzene rings is 1. The van der Waals surface area contributed by atoms with E-state index in [-0.39, 0.29) is 10.9 Å². The third-order valence-electron chi connectivity index (χ3n) is 3.08. The van der Waals surface area contributed by atoms with Crippen LogP contribution in [-0.2, 0) is 11.3 Å². The molecule has 2 aromatic rings. The Morgan fingerprint density at radius 3 is 2.71 bits per heavy atom. The molecule has 1 atom stereocenters. The third-order valence-corrected chi connectivity index (χ3v) is 3.32. The first kappa shape index (κ1) is 15.2. The Morgan fingerprint density at radius 1 is 1.43 bits per heavy atom. The average molecular weight is 302 g/mol. The van der Waals surface area contributed by atoms with Crippen LogP contribution in [0.4, 0.5) is 0 Å². The van der Waals surface area contributed by atoms with Gasteiger partial charge in [0, 0.05) is 12.7 Å². The molecule has 0 fully saturated rings. The normalized spacial score (nSPS) is 11.9. The van der Waals surface area contributed by atoms with Gasteiger partial charge >= 0.3 is 0 Å². The highest BCUT2D eigenvalue weighted by Crippen LogP contribution is 2.16. The molecular formula is C15H18N4OS. The van der Waals surface area contributed by atoms with Crippen molar-refractivity contribution in [1.82, 2.24) is 15.1 Å². The third kappa shape index (κ3) is 4.13. The van der Waals surface area contributed by atoms with Crippen LogP contribution in [0.25, 0.3) is 0 Å². The highest BCUT2D eigenvalue weighted by molar-refractivity contribution is 7.80. The summed E-state index contributed by atoms with van der Waals surface area (Å²) in [6.07, 6.45) is 3.71. The maximum absolute atomic E-state index is 12.3. The fourth-order valence-corrected chi connectivity index (χ4v) is 2.32. The summed E-state index contributed by atoms with van der Waals surface area (Å²) < 4.78 is 1.79. The van der Waals surface area contributed by atoms with Gasteiger partial charge in [0.1, 0.15) is 5.92 Å². The van der Waals surface area contributed by atoms with E-state index in [1.807, 2.05) is 43.5 Å². The Kier molecular flexibility index (Phi) is 5.05. The van der Waals surface area contributed by atoms with E-state index < -0.39 is 5.92 Å². The Labute approximate surface area is 129 Å². The standard InChI is InChI=1S/C15H18N4OS/c1-11-9-18-19(10-11)8-7-17-15(20)13(14(16)21)12-5-3-2-4-6-12/h2-6,9-10,13H,7-8H2,1H3,(H2,16,21)(H,17,20). The summed E-state index contributed by atoms with van der Waals surface area (Å²) >= 11 is 5.02. The molecule has 0 aliphatic carbocycles. The molecule has 0 saturated heterocycles. The molecule has 1 aromatic heterocycles. The van der Waals surface area contributed by atoms with Gasteiger partial charge in [-0.3, -0.25) is 9.48 Å². The number of aryl methyl sites for hydroxylation is 1. The van der Waals surface area contributed by atoms with Gasteiger partial charge in [0.2, 0.25) is 5.91 Å². The Hall–Kier alpha value is -2.21. The van der Waals surface area contributed by atoms with Crippen LogP contribution in [0.5, 0.6) is 0 Å². The van der Waals surface area contributed by atoms with Gasteiger partial charge in [0.05, 0.1) is 17.7 Å². The van der Waals surface area contributed by atoms with Crippen LogP contribution in [0.2, 0.25) is 0 Å².